The van der Waals surface area contributed by atoms with E-state index in [0.29, 0.717) is 26.2 Å². The Bertz CT molecular complexity index is 491. The number of carbonyl (C=O) groups excluding carboxylic acids is 2. The van der Waals surface area contributed by atoms with E-state index in [0.717, 1.165) is 11.3 Å². The Morgan fingerprint density at radius 2 is 1.95 bits per heavy atom. The van der Waals surface area contributed by atoms with Crippen molar-refractivity contribution in [2.24, 2.45) is 0 Å². The van der Waals surface area contributed by atoms with Crippen LogP contribution in [0.4, 0.5) is 0 Å². The van der Waals surface area contributed by atoms with Gasteiger partial charge in [-0.25, -0.2) is 0 Å². The van der Waals surface area contributed by atoms with Crippen molar-refractivity contribution in [2.75, 3.05) is 33.9 Å². The van der Waals surface area contributed by atoms with Crippen LogP contribution in [0.15, 0.2) is 24.3 Å². The highest BCUT2D eigenvalue weighted by Gasteiger charge is 2.13. The summed E-state index contributed by atoms with van der Waals surface area (Å²) < 4.78 is 10.2. The monoisotopic (exact) mass is 308 g/mol. The van der Waals surface area contributed by atoms with Crippen LogP contribution >= 0.6 is 0 Å². The summed E-state index contributed by atoms with van der Waals surface area (Å²) in [6.07, 6.45) is 0.262. The molecule has 0 atom stereocenters. The molecule has 122 valence electrons. The molecule has 0 bridgehead atoms. The fourth-order valence-electron chi connectivity index (χ4n) is 2.00. The van der Waals surface area contributed by atoms with Gasteiger partial charge in [-0.05, 0) is 6.07 Å². The lowest BCUT2D eigenvalue weighted by Crippen LogP contribution is -2.34. The van der Waals surface area contributed by atoms with Crippen LogP contribution in [0.1, 0.15) is 18.9 Å². The molecule has 0 saturated heterocycles. The smallest absolute Gasteiger partial charge is 0.221 e. The minimum Gasteiger partial charge on any atom is -0.496 e. The number of hydrogen-bond donors (Lipinski definition) is 1. The second-order valence-electron chi connectivity index (χ2n) is 4.85. The molecule has 0 aliphatic heterocycles. The zero-order chi connectivity index (χ0) is 16.4. The van der Waals surface area contributed by atoms with E-state index in [1.807, 2.05) is 24.3 Å². The van der Waals surface area contributed by atoms with E-state index in [1.54, 1.807) is 19.1 Å². The predicted octanol–water partition coefficient (Wildman–Crippen LogP) is 1.20. The van der Waals surface area contributed by atoms with E-state index < -0.39 is 0 Å². The first-order valence-corrected chi connectivity index (χ1v) is 7.21. The van der Waals surface area contributed by atoms with E-state index in [9.17, 15) is 9.59 Å². The number of benzene rings is 1. The highest BCUT2D eigenvalue weighted by atomic mass is 16.5. The molecule has 0 unspecified atom stereocenters. The summed E-state index contributed by atoms with van der Waals surface area (Å²) in [6, 6.07) is 7.54. The summed E-state index contributed by atoms with van der Waals surface area (Å²) in [5, 5.41) is 2.74. The molecule has 1 aromatic carbocycles. The lowest BCUT2D eigenvalue weighted by Gasteiger charge is -2.22. The van der Waals surface area contributed by atoms with Gasteiger partial charge in [0.15, 0.2) is 0 Å². The number of ether oxygens (including phenoxy) is 2. The van der Waals surface area contributed by atoms with Gasteiger partial charge >= 0.3 is 0 Å². The van der Waals surface area contributed by atoms with Gasteiger partial charge in [0, 0.05) is 45.7 Å². The average molecular weight is 308 g/mol. The third-order valence-corrected chi connectivity index (χ3v) is 3.24. The number of amides is 2. The summed E-state index contributed by atoms with van der Waals surface area (Å²) >= 11 is 0. The van der Waals surface area contributed by atoms with Gasteiger partial charge in [0.2, 0.25) is 11.8 Å². The number of nitrogens with zero attached hydrogens (tertiary/aromatic N) is 1. The Hall–Kier alpha value is -2.08. The van der Waals surface area contributed by atoms with Crippen LogP contribution in [0, 0.1) is 0 Å². The fourth-order valence-corrected chi connectivity index (χ4v) is 2.00. The third-order valence-electron chi connectivity index (χ3n) is 3.24. The van der Waals surface area contributed by atoms with Crippen LogP contribution < -0.4 is 10.1 Å². The largest absolute Gasteiger partial charge is 0.496 e. The van der Waals surface area contributed by atoms with Crippen LogP contribution in [0.3, 0.4) is 0 Å². The number of rotatable bonds is 9. The Kier molecular flexibility index (Phi) is 7.99. The first-order valence-electron chi connectivity index (χ1n) is 7.21. The summed E-state index contributed by atoms with van der Waals surface area (Å²) in [6.45, 7) is 3.24. The van der Waals surface area contributed by atoms with Gasteiger partial charge in [-0.1, -0.05) is 18.2 Å². The van der Waals surface area contributed by atoms with Crippen molar-refractivity contribution >= 4 is 11.8 Å². The van der Waals surface area contributed by atoms with Crippen molar-refractivity contribution in [3.05, 3.63) is 29.8 Å². The van der Waals surface area contributed by atoms with E-state index >= 15 is 0 Å². The molecule has 0 heterocycles. The molecule has 1 aromatic rings. The topological polar surface area (TPSA) is 67.9 Å². The van der Waals surface area contributed by atoms with E-state index in [2.05, 4.69) is 5.32 Å². The van der Waals surface area contributed by atoms with Crippen molar-refractivity contribution in [1.82, 2.24) is 10.2 Å². The molecule has 6 nitrogen and oxygen atoms in total. The van der Waals surface area contributed by atoms with Crippen molar-refractivity contribution in [1.29, 1.82) is 0 Å². The number of para-hydroxylation sites is 1. The Morgan fingerprint density at radius 1 is 1.23 bits per heavy atom. The molecular weight excluding hydrogens is 284 g/mol. The Balaban J connectivity index is 2.55. The van der Waals surface area contributed by atoms with Crippen molar-refractivity contribution in [2.45, 2.75) is 19.9 Å². The molecule has 22 heavy (non-hydrogen) atoms. The summed E-state index contributed by atoms with van der Waals surface area (Å²) in [5.74, 6) is 0.567. The van der Waals surface area contributed by atoms with Crippen LogP contribution in [0.25, 0.3) is 0 Å². The first-order chi connectivity index (χ1) is 10.6. The number of hydrogen-bond acceptors (Lipinski definition) is 4. The van der Waals surface area contributed by atoms with Crippen LogP contribution in [-0.4, -0.2) is 50.6 Å². The lowest BCUT2D eigenvalue weighted by molar-refractivity contribution is -0.130. The SMILES string of the molecule is COCCNC(=O)CCN(Cc1ccccc1OC)C(C)=O. The number of methoxy groups -OCH3 is 2. The molecule has 0 radical (unpaired) electrons. The fraction of sp³-hybridized carbons (Fsp3) is 0.500. The van der Waals surface area contributed by atoms with Crippen LogP contribution in [-0.2, 0) is 20.9 Å². The van der Waals surface area contributed by atoms with Gasteiger partial charge in [0.25, 0.3) is 0 Å². The minimum absolute atomic E-state index is 0.0735. The lowest BCUT2D eigenvalue weighted by atomic mass is 10.2. The van der Waals surface area contributed by atoms with Crippen molar-refractivity contribution < 1.29 is 19.1 Å². The zero-order valence-electron chi connectivity index (χ0n) is 13.4. The summed E-state index contributed by atoms with van der Waals surface area (Å²) in [4.78, 5) is 25.1. The van der Waals surface area contributed by atoms with Crippen molar-refractivity contribution in [3.8, 4) is 5.75 Å². The van der Waals surface area contributed by atoms with Crippen molar-refractivity contribution in [3.63, 3.8) is 0 Å². The zero-order valence-corrected chi connectivity index (χ0v) is 13.4. The van der Waals surface area contributed by atoms with Gasteiger partial charge in [0.1, 0.15) is 5.75 Å². The third kappa shape index (κ3) is 6.13. The quantitative estimate of drug-likeness (QED) is 0.696. The molecule has 1 N–H and O–H groups in total. The van der Waals surface area contributed by atoms with Gasteiger partial charge in [-0.3, -0.25) is 9.59 Å². The first kappa shape index (κ1) is 18.0. The van der Waals surface area contributed by atoms with Gasteiger partial charge in [-0.2, -0.15) is 0 Å². The van der Waals surface area contributed by atoms with E-state index in [4.69, 9.17) is 9.47 Å². The van der Waals surface area contributed by atoms with Crippen LogP contribution in [0.5, 0.6) is 5.75 Å². The van der Waals surface area contributed by atoms with Crippen LogP contribution in [0.2, 0.25) is 0 Å². The predicted molar refractivity (Wildman–Crippen MR) is 83.6 cm³/mol. The molecule has 0 aliphatic carbocycles. The Labute approximate surface area is 131 Å². The highest BCUT2D eigenvalue weighted by Crippen LogP contribution is 2.19. The van der Waals surface area contributed by atoms with E-state index in [-0.39, 0.29) is 18.2 Å². The normalized spacial score (nSPS) is 10.1. The van der Waals surface area contributed by atoms with Gasteiger partial charge in [0.05, 0.1) is 13.7 Å². The molecule has 0 spiro atoms. The minimum atomic E-state index is -0.0941. The standard InChI is InChI=1S/C16H24N2O4/c1-13(19)18(10-8-16(20)17-9-11-21-2)12-14-6-4-5-7-15(14)22-3/h4-7H,8-12H2,1-3H3,(H,17,20). The average Bonchev–Trinajstić information content (AvgIpc) is 2.51. The maximum absolute atomic E-state index is 11.8. The molecule has 2 amide bonds. The number of carbonyl (C=O) groups is 2. The Morgan fingerprint density at radius 3 is 2.59 bits per heavy atom. The maximum Gasteiger partial charge on any atom is 0.221 e. The maximum atomic E-state index is 11.8. The summed E-state index contributed by atoms with van der Waals surface area (Å²) in [5.41, 5.74) is 0.917. The summed E-state index contributed by atoms with van der Waals surface area (Å²) in [7, 11) is 3.18. The molecule has 0 aliphatic rings. The molecular formula is C16H24N2O4. The molecule has 0 saturated carbocycles. The second-order valence-corrected chi connectivity index (χ2v) is 4.85. The molecule has 1 rings (SSSR count). The van der Waals surface area contributed by atoms with E-state index in [1.165, 1.54) is 6.92 Å². The molecule has 6 heteroatoms. The van der Waals surface area contributed by atoms with Gasteiger partial charge in [-0.15, -0.1) is 0 Å². The van der Waals surface area contributed by atoms with Gasteiger partial charge < -0.3 is 19.7 Å². The molecule has 0 aromatic heterocycles. The number of nitrogens with one attached hydrogen (secondary N) is 1. The second kappa shape index (κ2) is 9.78. The molecule has 0 fully saturated rings. The highest BCUT2D eigenvalue weighted by molar-refractivity contribution is 5.78.